The van der Waals surface area contributed by atoms with Gasteiger partial charge in [0.15, 0.2) is 5.78 Å². The van der Waals surface area contributed by atoms with Crippen LogP contribution in [0.15, 0.2) is 36.4 Å². The number of ether oxygens (including phenoxy) is 3. The lowest BCUT2D eigenvalue weighted by atomic mass is 9.87. The summed E-state index contributed by atoms with van der Waals surface area (Å²) in [5, 5.41) is 30.2. The molecule has 7 atom stereocenters. The fourth-order valence-corrected chi connectivity index (χ4v) is 4.77. The number of ketones is 1. The van der Waals surface area contributed by atoms with E-state index in [9.17, 15) is 24.9 Å². The number of aliphatic carboxylic acids is 1. The van der Waals surface area contributed by atoms with Crippen molar-refractivity contribution in [1.29, 1.82) is 0 Å². The second-order valence-corrected chi connectivity index (χ2v) is 9.31. The molecule has 0 spiro atoms. The Balaban J connectivity index is 1.51. The molecule has 3 rings (SSSR count). The second-order valence-electron chi connectivity index (χ2n) is 9.31. The van der Waals surface area contributed by atoms with E-state index in [-0.39, 0.29) is 43.5 Å². The Morgan fingerprint density at radius 3 is 2.79 bits per heavy atom. The van der Waals surface area contributed by atoms with Gasteiger partial charge in [-0.2, -0.15) is 0 Å². The fourth-order valence-electron chi connectivity index (χ4n) is 4.77. The van der Waals surface area contributed by atoms with Gasteiger partial charge in [-0.1, -0.05) is 31.2 Å². The first kappa shape index (κ1) is 26.3. The molecule has 1 unspecified atom stereocenters. The first-order valence-corrected chi connectivity index (χ1v) is 12.0. The van der Waals surface area contributed by atoms with Gasteiger partial charge in [-0.05, 0) is 43.4 Å². The number of fused-ring (bicyclic) bond motifs is 1. The standard InChI is InChI=1S/C26H36O8/c1-3-22(28)25(26(30)31)34-14-17-7-9-21-20(23(29)12-24(21)33-13-17)10-8-18(27)15-32-19-6-4-5-16(2)11-19/h4-6,8,10-11,17-18,20-21,23-25,27,29H,3,7,9,12-15H2,1-2H3,(H,30,31)/b10-8+/t17-,18-,20-,21-,23-,24+,25?/m1/s1. The summed E-state index contributed by atoms with van der Waals surface area (Å²) in [6, 6.07) is 7.62. The predicted molar refractivity (Wildman–Crippen MR) is 125 cm³/mol. The minimum absolute atomic E-state index is 0.0211. The van der Waals surface area contributed by atoms with Gasteiger partial charge in [0.05, 0.1) is 25.4 Å². The van der Waals surface area contributed by atoms with Crippen molar-refractivity contribution in [3.8, 4) is 5.75 Å². The Hall–Kier alpha value is -2.26. The molecule has 1 aromatic carbocycles. The molecule has 0 aromatic heterocycles. The van der Waals surface area contributed by atoms with E-state index in [1.165, 1.54) is 0 Å². The van der Waals surface area contributed by atoms with Crippen molar-refractivity contribution in [1.82, 2.24) is 0 Å². The zero-order valence-electron chi connectivity index (χ0n) is 19.8. The number of carboxylic acid groups (broad SMARTS) is 1. The average molecular weight is 477 g/mol. The molecule has 0 amide bonds. The summed E-state index contributed by atoms with van der Waals surface area (Å²) >= 11 is 0. The van der Waals surface area contributed by atoms with Crippen molar-refractivity contribution >= 4 is 11.8 Å². The maximum absolute atomic E-state index is 11.8. The summed E-state index contributed by atoms with van der Waals surface area (Å²) in [7, 11) is 0. The molecule has 1 saturated heterocycles. The summed E-state index contributed by atoms with van der Waals surface area (Å²) in [5.41, 5.74) is 1.08. The molecule has 1 aromatic rings. The Kier molecular flexibility index (Phi) is 9.64. The number of hydrogen-bond acceptors (Lipinski definition) is 7. The van der Waals surface area contributed by atoms with E-state index in [0.29, 0.717) is 18.8 Å². The van der Waals surface area contributed by atoms with E-state index in [1.807, 2.05) is 37.3 Å². The van der Waals surface area contributed by atoms with Crippen LogP contribution >= 0.6 is 0 Å². The average Bonchev–Trinajstić information content (AvgIpc) is 2.97. The van der Waals surface area contributed by atoms with Gasteiger partial charge in [-0.25, -0.2) is 4.79 Å². The van der Waals surface area contributed by atoms with Crippen molar-refractivity contribution in [3.63, 3.8) is 0 Å². The molecule has 8 heteroatoms. The zero-order chi connectivity index (χ0) is 24.7. The highest BCUT2D eigenvalue weighted by Crippen LogP contribution is 2.41. The van der Waals surface area contributed by atoms with Gasteiger partial charge >= 0.3 is 5.97 Å². The van der Waals surface area contributed by atoms with Gasteiger partial charge in [0.25, 0.3) is 0 Å². The number of benzene rings is 1. The van der Waals surface area contributed by atoms with Crippen LogP contribution in [-0.2, 0) is 19.1 Å². The van der Waals surface area contributed by atoms with Crippen LogP contribution in [0.4, 0.5) is 0 Å². The van der Waals surface area contributed by atoms with Crippen molar-refractivity contribution in [2.24, 2.45) is 17.8 Å². The summed E-state index contributed by atoms with van der Waals surface area (Å²) in [6.07, 6.45) is 2.77. The number of aliphatic hydroxyl groups excluding tert-OH is 2. The Bertz CT molecular complexity index is 853. The van der Waals surface area contributed by atoms with Crippen LogP contribution in [0, 0.1) is 24.7 Å². The number of aryl methyl sites for hydroxylation is 1. The topological polar surface area (TPSA) is 123 Å². The minimum atomic E-state index is -1.44. The Morgan fingerprint density at radius 2 is 2.09 bits per heavy atom. The monoisotopic (exact) mass is 476 g/mol. The number of hydrogen-bond donors (Lipinski definition) is 3. The molecular weight excluding hydrogens is 440 g/mol. The summed E-state index contributed by atoms with van der Waals surface area (Å²) in [6.45, 7) is 4.24. The molecule has 1 aliphatic heterocycles. The van der Waals surface area contributed by atoms with Crippen LogP contribution in [0.1, 0.15) is 38.2 Å². The van der Waals surface area contributed by atoms with E-state index in [1.54, 1.807) is 13.0 Å². The third-order valence-electron chi connectivity index (χ3n) is 6.67. The zero-order valence-corrected chi connectivity index (χ0v) is 19.8. The van der Waals surface area contributed by atoms with Crippen molar-refractivity contribution in [2.75, 3.05) is 19.8 Å². The second kappa shape index (κ2) is 12.4. The molecular formula is C26H36O8. The Labute approximate surface area is 200 Å². The third kappa shape index (κ3) is 7.12. The molecule has 188 valence electrons. The van der Waals surface area contributed by atoms with E-state index in [4.69, 9.17) is 14.2 Å². The van der Waals surface area contributed by atoms with Gasteiger partial charge in [-0.15, -0.1) is 0 Å². The maximum atomic E-state index is 11.8. The number of rotatable bonds is 11. The quantitative estimate of drug-likeness (QED) is 0.329. The number of carboxylic acids is 1. The first-order valence-electron chi connectivity index (χ1n) is 12.0. The van der Waals surface area contributed by atoms with Crippen LogP contribution in [0.2, 0.25) is 0 Å². The van der Waals surface area contributed by atoms with Crippen molar-refractivity contribution in [3.05, 3.63) is 42.0 Å². The van der Waals surface area contributed by atoms with Crippen LogP contribution in [-0.4, -0.2) is 71.3 Å². The SMILES string of the molecule is CCC(=O)C(OC[C@@H]1CC[C@@H]2[C@@H](/C=C/[C@@H](O)COc3cccc(C)c3)[C@H](O)C[C@@H]2OC1)C(=O)O. The molecule has 1 aliphatic carbocycles. The molecule has 1 heterocycles. The highest BCUT2D eigenvalue weighted by atomic mass is 16.5. The molecule has 0 radical (unpaired) electrons. The molecule has 0 bridgehead atoms. The predicted octanol–water partition coefficient (Wildman–Crippen LogP) is 2.53. The summed E-state index contributed by atoms with van der Waals surface area (Å²) < 4.78 is 17.1. The fraction of sp³-hybridized carbons (Fsp3) is 0.615. The molecule has 2 aliphatic rings. The highest BCUT2D eigenvalue weighted by molar-refractivity contribution is 6.01. The first-order chi connectivity index (χ1) is 16.3. The van der Waals surface area contributed by atoms with Crippen molar-refractivity contribution < 1.29 is 39.1 Å². The lowest BCUT2D eigenvalue weighted by Crippen LogP contribution is -2.34. The van der Waals surface area contributed by atoms with Gasteiger partial charge in [0.1, 0.15) is 18.5 Å². The van der Waals surface area contributed by atoms with Gasteiger partial charge < -0.3 is 29.5 Å². The van der Waals surface area contributed by atoms with Crippen LogP contribution in [0.3, 0.4) is 0 Å². The number of aliphatic hydroxyl groups is 2. The molecule has 34 heavy (non-hydrogen) atoms. The molecule has 1 saturated carbocycles. The highest BCUT2D eigenvalue weighted by Gasteiger charge is 2.43. The molecule has 8 nitrogen and oxygen atoms in total. The molecule has 3 N–H and O–H groups in total. The summed E-state index contributed by atoms with van der Waals surface area (Å²) in [4.78, 5) is 23.1. The third-order valence-corrected chi connectivity index (χ3v) is 6.67. The van der Waals surface area contributed by atoms with Crippen molar-refractivity contribution in [2.45, 2.75) is 63.9 Å². The maximum Gasteiger partial charge on any atom is 0.340 e. The van der Waals surface area contributed by atoms with E-state index < -0.39 is 30.1 Å². The lowest BCUT2D eigenvalue weighted by molar-refractivity contribution is -0.157. The van der Waals surface area contributed by atoms with E-state index in [0.717, 1.165) is 18.4 Å². The van der Waals surface area contributed by atoms with Gasteiger partial charge in [0.2, 0.25) is 6.10 Å². The number of carbonyl (C=O) groups is 2. The van der Waals surface area contributed by atoms with E-state index >= 15 is 0 Å². The van der Waals surface area contributed by atoms with Crippen LogP contribution in [0.25, 0.3) is 0 Å². The van der Waals surface area contributed by atoms with Crippen LogP contribution < -0.4 is 4.74 Å². The van der Waals surface area contributed by atoms with Crippen LogP contribution in [0.5, 0.6) is 5.75 Å². The largest absolute Gasteiger partial charge is 0.491 e. The molecule has 2 fully saturated rings. The lowest BCUT2D eigenvalue weighted by Gasteiger charge is -2.21. The number of carbonyl (C=O) groups excluding carboxylic acids is 1. The number of Topliss-reactive ketones (excluding diaryl/α,β-unsaturated/α-hetero) is 1. The van der Waals surface area contributed by atoms with E-state index in [2.05, 4.69) is 0 Å². The smallest absolute Gasteiger partial charge is 0.340 e. The Morgan fingerprint density at radius 1 is 1.29 bits per heavy atom. The van der Waals surface area contributed by atoms with Gasteiger partial charge in [0, 0.05) is 24.7 Å². The summed E-state index contributed by atoms with van der Waals surface area (Å²) in [5.74, 6) is -1.09. The van der Waals surface area contributed by atoms with Gasteiger partial charge in [-0.3, -0.25) is 4.79 Å². The minimum Gasteiger partial charge on any atom is -0.491 e. The normalized spacial score (nSPS) is 28.8.